The predicted octanol–water partition coefficient (Wildman–Crippen LogP) is 12.2. The van der Waals surface area contributed by atoms with Gasteiger partial charge in [-0.1, -0.05) is 184 Å². The maximum absolute atomic E-state index is 5.67. The molecule has 0 spiro atoms. The summed E-state index contributed by atoms with van der Waals surface area (Å²) in [5.41, 5.74) is 14.6. The van der Waals surface area contributed by atoms with Crippen LogP contribution in [0.1, 0.15) is 47.5 Å². The van der Waals surface area contributed by atoms with Crippen molar-refractivity contribution in [3.8, 4) is 44.8 Å². The molecule has 8 aromatic rings. The molecule has 0 aliphatic heterocycles. The zero-order valence-corrected chi connectivity index (χ0v) is 29.4. The van der Waals surface area contributed by atoms with Crippen LogP contribution in [0.25, 0.3) is 44.8 Å². The molecular weight excluding hydrogens is 629 g/mol. The topological polar surface area (TPSA) is 25.8 Å². The van der Waals surface area contributed by atoms with E-state index >= 15 is 0 Å². The molecule has 2 heterocycles. The summed E-state index contributed by atoms with van der Waals surface area (Å²) in [6.07, 6.45) is 0. The normalized spacial score (nSPS) is 13.9. The molecule has 2 nitrogen and oxygen atoms in total. The molecule has 1 aliphatic carbocycles. The van der Waals surface area contributed by atoms with Crippen molar-refractivity contribution in [2.24, 2.45) is 0 Å². The third-order valence-corrected chi connectivity index (χ3v) is 10.9. The SMILES string of the molecule is CC1(C)c2ccccc2C(c2cccc(-c3ccccc3-c3ccccc3)n2)(c2cccc(-c3ccccc3-c3ccccc3)n2)c2ccccc21. The molecule has 2 heteroatoms. The van der Waals surface area contributed by atoms with Crippen LogP contribution in [-0.4, -0.2) is 9.97 Å². The van der Waals surface area contributed by atoms with Crippen LogP contribution < -0.4 is 0 Å². The molecule has 0 amide bonds. The van der Waals surface area contributed by atoms with Gasteiger partial charge in [0.1, 0.15) is 5.41 Å². The number of fused-ring (bicyclic) bond motifs is 2. The molecule has 9 rings (SSSR count). The molecule has 2 aromatic heterocycles. The van der Waals surface area contributed by atoms with E-state index in [-0.39, 0.29) is 5.41 Å². The first kappa shape index (κ1) is 31.6. The first-order valence-electron chi connectivity index (χ1n) is 18.0. The molecule has 6 aromatic carbocycles. The first-order valence-corrected chi connectivity index (χ1v) is 18.0. The molecule has 0 fully saturated rings. The van der Waals surface area contributed by atoms with Crippen molar-refractivity contribution < 1.29 is 0 Å². The third-order valence-electron chi connectivity index (χ3n) is 10.9. The summed E-state index contributed by atoms with van der Waals surface area (Å²) in [7, 11) is 0. The fourth-order valence-corrected chi connectivity index (χ4v) is 8.42. The average Bonchev–Trinajstić information content (AvgIpc) is 3.22. The largest absolute Gasteiger partial charge is 0.251 e. The summed E-state index contributed by atoms with van der Waals surface area (Å²) in [6, 6.07) is 69.2. The van der Waals surface area contributed by atoms with Crippen LogP contribution in [0.3, 0.4) is 0 Å². The molecule has 0 bridgehead atoms. The van der Waals surface area contributed by atoms with E-state index in [4.69, 9.17) is 9.97 Å². The molecule has 0 radical (unpaired) electrons. The Kier molecular flexibility index (Phi) is 7.74. The van der Waals surface area contributed by atoms with Gasteiger partial charge in [-0.15, -0.1) is 0 Å². The number of nitrogens with zero attached hydrogens (tertiary/aromatic N) is 2. The van der Waals surface area contributed by atoms with Gasteiger partial charge >= 0.3 is 0 Å². The van der Waals surface area contributed by atoms with Gasteiger partial charge in [0, 0.05) is 16.5 Å². The fourth-order valence-electron chi connectivity index (χ4n) is 8.42. The molecule has 1 aliphatic rings. The zero-order valence-electron chi connectivity index (χ0n) is 29.4. The van der Waals surface area contributed by atoms with Crippen molar-refractivity contribution >= 4 is 0 Å². The van der Waals surface area contributed by atoms with Gasteiger partial charge in [-0.05, 0) is 68.8 Å². The van der Waals surface area contributed by atoms with Crippen molar-refractivity contribution in [2.45, 2.75) is 24.7 Å². The minimum Gasteiger partial charge on any atom is -0.251 e. The molecular formula is C50H38N2. The van der Waals surface area contributed by atoms with Crippen LogP contribution in [-0.2, 0) is 10.8 Å². The Morgan fingerprint density at radius 2 is 0.654 bits per heavy atom. The van der Waals surface area contributed by atoms with Gasteiger partial charge in [0.05, 0.1) is 22.8 Å². The van der Waals surface area contributed by atoms with Crippen molar-refractivity contribution in [1.82, 2.24) is 9.97 Å². The van der Waals surface area contributed by atoms with Crippen LogP contribution in [0.4, 0.5) is 0 Å². The van der Waals surface area contributed by atoms with E-state index in [1.54, 1.807) is 0 Å². The number of hydrogen-bond donors (Lipinski definition) is 0. The number of hydrogen-bond acceptors (Lipinski definition) is 2. The fraction of sp³-hybridized carbons (Fsp3) is 0.0800. The number of benzene rings is 6. The highest BCUT2D eigenvalue weighted by Gasteiger charge is 2.50. The van der Waals surface area contributed by atoms with Crippen LogP contribution >= 0.6 is 0 Å². The quantitative estimate of drug-likeness (QED) is 0.176. The Morgan fingerprint density at radius 1 is 0.308 bits per heavy atom. The van der Waals surface area contributed by atoms with E-state index in [1.807, 2.05) is 0 Å². The van der Waals surface area contributed by atoms with E-state index in [1.165, 1.54) is 33.4 Å². The summed E-state index contributed by atoms with van der Waals surface area (Å²) in [5.74, 6) is 0. The summed E-state index contributed by atoms with van der Waals surface area (Å²) in [6.45, 7) is 4.68. The summed E-state index contributed by atoms with van der Waals surface area (Å²) < 4.78 is 0. The molecule has 0 N–H and O–H groups in total. The van der Waals surface area contributed by atoms with E-state index in [0.29, 0.717) is 0 Å². The van der Waals surface area contributed by atoms with Crippen molar-refractivity contribution in [2.75, 3.05) is 0 Å². The number of aromatic nitrogens is 2. The van der Waals surface area contributed by atoms with Crippen molar-refractivity contribution in [3.05, 3.63) is 228 Å². The van der Waals surface area contributed by atoms with Gasteiger partial charge in [0.25, 0.3) is 0 Å². The van der Waals surface area contributed by atoms with E-state index in [2.05, 4.69) is 208 Å². The van der Waals surface area contributed by atoms with E-state index < -0.39 is 5.41 Å². The molecule has 0 unspecified atom stereocenters. The third kappa shape index (κ3) is 5.02. The number of pyridine rings is 2. The summed E-state index contributed by atoms with van der Waals surface area (Å²) >= 11 is 0. The summed E-state index contributed by atoms with van der Waals surface area (Å²) in [5, 5.41) is 0. The van der Waals surface area contributed by atoms with Crippen LogP contribution in [0.5, 0.6) is 0 Å². The van der Waals surface area contributed by atoms with Gasteiger partial charge in [-0.3, -0.25) is 9.97 Å². The Hall–Kier alpha value is -6.38. The maximum Gasteiger partial charge on any atom is 0.105 e. The zero-order chi connectivity index (χ0) is 35.1. The van der Waals surface area contributed by atoms with Gasteiger partial charge in [-0.2, -0.15) is 0 Å². The highest BCUT2D eigenvalue weighted by atomic mass is 14.8. The van der Waals surface area contributed by atoms with Gasteiger partial charge in [0.15, 0.2) is 0 Å². The van der Waals surface area contributed by atoms with Gasteiger partial charge in [-0.25, -0.2) is 0 Å². The van der Waals surface area contributed by atoms with Crippen molar-refractivity contribution in [3.63, 3.8) is 0 Å². The van der Waals surface area contributed by atoms with Crippen LogP contribution in [0, 0.1) is 0 Å². The second-order valence-corrected chi connectivity index (χ2v) is 14.1. The lowest BCUT2D eigenvalue weighted by Gasteiger charge is -2.46. The van der Waals surface area contributed by atoms with Crippen LogP contribution in [0.15, 0.2) is 194 Å². The maximum atomic E-state index is 5.67. The summed E-state index contributed by atoms with van der Waals surface area (Å²) in [4.78, 5) is 11.3. The minimum atomic E-state index is -0.794. The van der Waals surface area contributed by atoms with E-state index in [9.17, 15) is 0 Å². The van der Waals surface area contributed by atoms with Crippen LogP contribution in [0.2, 0.25) is 0 Å². The molecule has 0 saturated heterocycles. The lowest BCUT2D eigenvalue weighted by molar-refractivity contribution is 0.546. The first-order chi connectivity index (χ1) is 25.6. The van der Waals surface area contributed by atoms with Gasteiger partial charge in [0.2, 0.25) is 0 Å². The predicted molar refractivity (Wildman–Crippen MR) is 214 cm³/mol. The standard InChI is InChI=1S/C50H38N2/c1-49(2)41-27-13-15-29-43(41)50(44-30-16-14-28-42(44)49,47-33-17-31-45(51-47)39-25-11-9-23-37(39)35-19-5-3-6-20-35)48-34-18-32-46(52-48)40-26-12-10-24-38(40)36-21-7-4-8-22-36/h3-34H,1-2H3. The smallest absolute Gasteiger partial charge is 0.105 e. The highest BCUT2D eigenvalue weighted by molar-refractivity contribution is 5.83. The second-order valence-electron chi connectivity index (χ2n) is 14.1. The monoisotopic (exact) mass is 666 g/mol. The molecule has 52 heavy (non-hydrogen) atoms. The Morgan fingerprint density at radius 3 is 1.08 bits per heavy atom. The Balaban J connectivity index is 1.34. The number of rotatable bonds is 6. The Labute approximate surface area is 306 Å². The lowest BCUT2D eigenvalue weighted by Crippen LogP contribution is -2.43. The van der Waals surface area contributed by atoms with Crippen molar-refractivity contribution in [1.29, 1.82) is 0 Å². The average molecular weight is 667 g/mol. The van der Waals surface area contributed by atoms with Gasteiger partial charge < -0.3 is 0 Å². The van der Waals surface area contributed by atoms with E-state index in [0.717, 1.165) is 45.0 Å². The molecule has 248 valence electrons. The molecule has 0 atom stereocenters. The minimum absolute atomic E-state index is 0.230. The molecule has 0 saturated carbocycles. The highest BCUT2D eigenvalue weighted by Crippen LogP contribution is 2.55. The lowest BCUT2D eigenvalue weighted by atomic mass is 9.56. The second kappa shape index (κ2) is 12.7. The Bertz CT molecular complexity index is 2370.